The fraction of sp³-hybridized carbons (Fsp3) is 0.455. The second-order valence-electron chi connectivity index (χ2n) is 3.58. The molecular formula is C11H15FIN. The first-order valence-electron chi connectivity index (χ1n) is 4.76. The summed E-state index contributed by atoms with van der Waals surface area (Å²) >= 11 is 2.17. The van der Waals surface area contributed by atoms with Crippen molar-refractivity contribution in [2.75, 3.05) is 0 Å². The number of hydrogen-bond acceptors (Lipinski definition) is 1. The van der Waals surface area contributed by atoms with Crippen molar-refractivity contribution in [3.05, 3.63) is 33.1 Å². The van der Waals surface area contributed by atoms with Gasteiger partial charge in [-0.3, -0.25) is 0 Å². The molecule has 2 N–H and O–H groups in total. The van der Waals surface area contributed by atoms with Gasteiger partial charge >= 0.3 is 0 Å². The fourth-order valence-corrected chi connectivity index (χ4v) is 1.85. The monoisotopic (exact) mass is 307 g/mol. The molecule has 0 heterocycles. The zero-order valence-corrected chi connectivity index (χ0v) is 10.6. The Hall–Kier alpha value is -0.160. The average molecular weight is 307 g/mol. The lowest BCUT2D eigenvalue weighted by Gasteiger charge is -2.19. The van der Waals surface area contributed by atoms with E-state index in [9.17, 15) is 4.39 Å². The highest BCUT2D eigenvalue weighted by Crippen LogP contribution is 2.25. The molecule has 1 aromatic rings. The minimum absolute atomic E-state index is 0.196. The summed E-state index contributed by atoms with van der Waals surface area (Å²) in [5.74, 6) is 0.112. The van der Waals surface area contributed by atoms with E-state index in [2.05, 4.69) is 29.5 Å². The van der Waals surface area contributed by atoms with Crippen molar-refractivity contribution in [2.45, 2.75) is 26.3 Å². The number of nitrogens with two attached hydrogens (primary N) is 1. The summed E-state index contributed by atoms with van der Waals surface area (Å²) in [5, 5.41) is 0. The number of halogens is 2. The average Bonchev–Trinajstić information content (AvgIpc) is 2.19. The van der Waals surface area contributed by atoms with Gasteiger partial charge in [0.05, 0.1) is 0 Å². The van der Waals surface area contributed by atoms with Crippen LogP contribution in [-0.4, -0.2) is 0 Å². The predicted molar refractivity (Wildman–Crippen MR) is 65.5 cm³/mol. The lowest BCUT2D eigenvalue weighted by molar-refractivity contribution is 0.439. The fourth-order valence-electron chi connectivity index (χ4n) is 1.33. The van der Waals surface area contributed by atoms with E-state index < -0.39 is 0 Å². The highest BCUT2D eigenvalue weighted by Gasteiger charge is 2.16. The number of hydrogen-bond donors (Lipinski definition) is 1. The zero-order valence-electron chi connectivity index (χ0n) is 8.43. The highest BCUT2D eigenvalue weighted by atomic mass is 127. The largest absolute Gasteiger partial charge is 0.324 e. The molecule has 0 fully saturated rings. The van der Waals surface area contributed by atoms with Crippen LogP contribution in [0.5, 0.6) is 0 Å². The third-order valence-corrected chi connectivity index (χ3v) is 3.25. The van der Waals surface area contributed by atoms with E-state index in [1.807, 2.05) is 13.0 Å². The molecule has 1 unspecified atom stereocenters. The van der Waals surface area contributed by atoms with Crippen LogP contribution in [0.2, 0.25) is 0 Å². The summed E-state index contributed by atoms with van der Waals surface area (Å²) in [6, 6.07) is 4.86. The SMILES string of the molecule is CCC(C)[C@@H](N)c1cc(I)ccc1F. The molecule has 0 aromatic heterocycles. The second kappa shape index (κ2) is 5.07. The van der Waals surface area contributed by atoms with E-state index in [4.69, 9.17) is 5.73 Å². The smallest absolute Gasteiger partial charge is 0.128 e. The van der Waals surface area contributed by atoms with Crippen molar-refractivity contribution in [1.82, 2.24) is 0 Å². The molecule has 78 valence electrons. The van der Waals surface area contributed by atoms with Gasteiger partial charge in [0.2, 0.25) is 0 Å². The Bertz CT molecular complexity index is 314. The van der Waals surface area contributed by atoms with E-state index in [0.717, 1.165) is 9.99 Å². The highest BCUT2D eigenvalue weighted by molar-refractivity contribution is 14.1. The van der Waals surface area contributed by atoms with Crippen LogP contribution < -0.4 is 5.73 Å². The topological polar surface area (TPSA) is 26.0 Å². The van der Waals surface area contributed by atoms with Gasteiger partial charge < -0.3 is 5.73 Å². The van der Waals surface area contributed by atoms with Crippen LogP contribution in [0.15, 0.2) is 18.2 Å². The van der Waals surface area contributed by atoms with Gasteiger partial charge in [-0.1, -0.05) is 20.3 Å². The summed E-state index contributed by atoms with van der Waals surface area (Å²) in [5.41, 5.74) is 6.61. The maximum absolute atomic E-state index is 13.4. The van der Waals surface area contributed by atoms with Gasteiger partial charge in [-0.15, -0.1) is 0 Å². The molecule has 0 radical (unpaired) electrons. The molecule has 2 atom stereocenters. The summed E-state index contributed by atoms with van der Waals surface area (Å²) in [6.07, 6.45) is 0.964. The van der Waals surface area contributed by atoms with Gasteiger partial charge in [0.25, 0.3) is 0 Å². The van der Waals surface area contributed by atoms with E-state index in [0.29, 0.717) is 11.5 Å². The molecule has 0 amide bonds. The van der Waals surface area contributed by atoms with Crippen molar-refractivity contribution in [2.24, 2.45) is 11.7 Å². The lowest BCUT2D eigenvalue weighted by atomic mass is 9.93. The van der Waals surface area contributed by atoms with E-state index >= 15 is 0 Å². The molecule has 0 aliphatic heterocycles. The van der Waals surface area contributed by atoms with Crippen LogP contribution in [0.4, 0.5) is 4.39 Å². The molecule has 3 heteroatoms. The Kier molecular flexibility index (Phi) is 4.31. The van der Waals surface area contributed by atoms with Gasteiger partial charge in [0.15, 0.2) is 0 Å². The summed E-state index contributed by atoms with van der Waals surface area (Å²) in [6.45, 7) is 4.11. The van der Waals surface area contributed by atoms with Crippen molar-refractivity contribution < 1.29 is 4.39 Å². The minimum atomic E-state index is -0.199. The standard InChI is InChI=1S/C11H15FIN/c1-3-7(2)11(14)9-6-8(13)4-5-10(9)12/h4-7,11H,3,14H2,1-2H3/t7?,11-/m1/s1. The molecule has 0 bridgehead atoms. The Morgan fingerprint density at radius 2 is 2.14 bits per heavy atom. The summed E-state index contributed by atoms with van der Waals surface area (Å²) in [4.78, 5) is 0. The minimum Gasteiger partial charge on any atom is -0.324 e. The summed E-state index contributed by atoms with van der Waals surface area (Å²) in [7, 11) is 0. The maximum atomic E-state index is 13.4. The Morgan fingerprint density at radius 1 is 1.50 bits per heavy atom. The predicted octanol–water partition coefficient (Wildman–Crippen LogP) is 3.48. The van der Waals surface area contributed by atoms with Gasteiger partial charge in [0.1, 0.15) is 5.82 Å². The van der Waals surface area contributed by atoms with Crippen LogP contribution in [-0.2, 0) is 0 Å². The van der Waals surface area contributed by atoms with Gasteiger partial charge in [-0.05, 0) is 46.7 Å². The van der Waals surface area contributed by atoms with E-state index in [1.54, 1.807) is 6.07 Å². The van der Waals surface area contributed by atoms with Gasteiger partial charge in [0, 0.05) is 15.2 Å². The van der Waals surface area contributed by atoms with Crippen LogP contribution in [0, 0.1) is 15.3 Å². The van der Waals surface area contributed by atoms with Crippen LogP contribution in [0.1, 0.15) is 31.9 Å². The van der Waals surface area contributed by atoms with Crippen LogP contribution in [0.25, 0.3) is 0 Å². The molecule has 1 aromatic carbocycles. The van der Waals surface area contributed by atoms with Crippen molar-refractivity contribution >= 4 is 22.6 Å². The number of benzene rings is 1. The Morgan fingerprint density at radius 3 is 2.71 bits per heavy atom. The third kappa shape index (κ3) is 2.67. The maximum Gasteiger partial charge on any atom is 0.128 e. The Labute approximate surface area is 98.0 Å². The molecule has 0 saturated carbocycles. The van der Waals surface area contributed by atoms with Gasteiger partial charge in [-0.25, -0.2) is 4.39 Å². The summed E-state index contributed by atoms with van der Waals surface area (Å²) < 4.78 is 14.5. The van der Waals surface area contributed by atoms with Crippen molar-refractivity contribution in [1.29, 1.82) is 0 Å². The molecule has 0 aliphatic carbocycles. The quantitative estimate of drug-likeness (QED) is 0.850. The van der Waals surface area contributed by atoms with Crippen LogP contribution in [0.3, 0.4) is 0 Å². The normalized spacial score (nSPS) is 15.2. The number of rotatable bonds is 3. The molecule has 1 nitrogen and oxygen atoms in total. The molecule has 14 heavy (non-hydrogen) atoms. The first-order chi connectivity index (χ1) is 6.56. The molecular weight excluding hydrogens is 292 g/mol. The zero-order chi connectivity index (χ0) is 10.7. The molecule has 0 saturated heterocycles. The Balaban J connectivity index is 2.99. The second-order valence-corrected chi connectivity index (χ2v) is 4.82. The van der Waals surface area contributed by atoms with E-state index in [1.165, 1.54) is 6.07 Å². The van der Waals surface area contributed by atoms with Gasteiger partial charge in [-0.2, -0.15) is 0 Å². The van der Waals surface area contributed by atoms with Crippen LogP contribution >= 0.6 is 22.6 Å². The third-order valence-electron chi connectivity index (χ3n) is 2.57. The molecule has 0 spiro atoms. The first-order valence-corrected chi connectivity index (χ1v) is 5.84. The van der Waals surface area contributed by atoms with Crippen molar-refractivity contribution in [3.8, 4) is 0 Å². The van der Waals surface area contributed by atoms with E-state index in [-0.39, 0.29) is 11.9 Å². The molecule has 0 aliphatic rings. The van der Waals surface area contributed by atoms with Crippen molar-refractivity contribution in [3.63, 3.8) is 0 Å². The molecule has 1 rings (SSSR count). The first kappa shape index (κ1) is 11.9. The lowest BCUT2D eigenvalue weighted by Crippen LogP contribution is -2.19.